The van der Waals surface area contributed by atoms with Crippen molar-refractivity contribution < 1.29 is 4.39 Å². The van der Waals surface area contributed by atoms with Gasteiger partial charge in [-0.2, -0.15) is 0 Å². The molecule has 2 heteroatoms. The standard InChI is InChI=1S/C21H16FN/c22-17-12-10-15(11-13-17)14-19-18-8-4-5-9-20(18)23-21(19)16-6-2-1-3-7-16/h1-13,23H,14H2. The van der Waals surface area contributed by atoms with Gasteiger partial charge >= 0.3 is 0 Å². The highest BCUT2D eigenvalue weighted by Crippen LogP contribution is 2.32. The number of nitrogens with one attached hydrogen (secondary N) is 1. The Hall–Kier alpha value is -2.87. The van der Waals surface area contributed by atoms with Crippen LogP contribution in [0.3, 0.4) is 0 Å². The van der Waals surface area contributed by atoms with Crippen LogP contribution in [0.5, 0.6) is 0 Å². The topological polar surface area (TPSA) is 15.8 Å². The molecular formula is C21H16FN. The molecule has 4 aromatic rings. The van der Waals surface area contributed by atoms with Crippen LogP contribution in [0.25, 0.3) is 22.2 Å². The van der Waals surface area contributed by atoms with E-state index in [1.54, 1.807) is 0 Å². The van der Waals surface area contributed by atoms with E-state index in [0.717, 1.165) is 23.2 Å². The highest BCUT2D eigenvalue weighted by atomic mass is 19.1. The van der Waals surface area contributed by atoms with Crippen molar-refractivity contribution in [3.63, 3.8) is 0 Å². The maximum absolute atomic E-state index is 13.2. The normalized spacial score (nSPS) is 11.0. The molecule has 0 unspecified atom stereocenters. The molecule has 0 fully saturated rings. The molecule has 3 aromatic carbocycles. The smallest absolute Gasteiger partial charge is 0.123 e. The number of aromatic nitrogens is 1. The third kappa shape index (κ3) is 2.64. The molecule has 1 N–H and O–H groups in total. The average Bonchev–Trinajstić information content (AvgIpc) is 2.96. The Balaban J connectivity index is 1.87. The molecule has 0 saturated heterocycles. The van der Waals surface area contributed by atoms with E-state index in [1.165, 1.54) is 28.6 Å². The highest BCUT2D eigenvalue weighted by Gasteiger charge is 2.13. The summed E-state index contributed by atoms with van der Waals surface area (Å²) in [5.41, 5.74) is 5.78. The second-order valence-electron chi connectivity index (χ2n) is 5.69. The van der Waals surface area contributed by atoms with Crippen molar-refractivity contribution in [1.82, 2.24) is 4.98 Å². The van der Waals surface area contributed by atoms with E-state index in [-0.39, 0.29) is 5.82 Å². The van der Waals surface area contributed by atoms with Crippen LogP contribution in [0.4, 0.5) is 4.39 Å². The first-order valence-electron chi connectivity index (χ1n) is 7.71. The third-order valence-electron chi connectivity index (χ3n) is 4.17. The van der Waals surface area contributed by atoms with Crippen molar-refractivity contribution in [2.45, 2.75) is 6.42 Å². The summed E-state index contributed by atoms with van der Waals surface area (Å²) >= 11 is 0. The molecule has 0 radical (unpaired) electrons. The van der Waals surface area contributed by atoms with Gasteiger partial charge in [0.1, 0.15) is 5.82 Å². The van der Waals surface area contributed by atoms with Crippen molar-refractivity contribution in [2.24, 2.45) is 0 Å². The Morgan fingerprint density at radius 1 is 0.739 bits per heavy atom. The quantitative estimate of drug-likeness (QED) is 0.509. The third-order valence-corrected chi connectivity index (χ3v) is 4.17. The first-order valence-corrected chi connectivity index (χ1v) is 7.71. The number of benzene rings is 3. The van der Waals surface area contributed by atoms with Crippen LogP contribution in [-0.2, 0) is 6.42 Å². The second-order valence-corrected chi connectivity index (χ2v) is 5.69. The molecule has 0 aliphatic carbocycles. The van der Waals surface area contributed by atoms with Gasteiger partial charge in [-0.15, -0.1) is 0 Å². The number of aromatic amines is 1. The van der Waals surface area contributed by atoms with Crippen LogP contribution in [0.1, 0.15) is 11.1 Å². The lowest BCUT2D eigenvalue weighted by molar-refractivity contribution is 0.627. The van der Waals surface area contributed by atoms with Crippen LogP contribution in [0, 0.1) is 5.82 Å². The molecule has 23 heavy (non-hydrogen) atoms. The summed E-state index contributed by atoms with van der Waals surface area (Å²) in [6, 6.07) is 25.4. The highest BCUT2D eigenvalue weighted by molar-refractivity contribution is 5.91. The van der Waals surface area contributed by atoms with Gasteiger partial charge in [0.15, 0.2) is 0 Å². The minimum absolute atomic E-state index is 0.198. The van der Waals surface area contributed by atoms with Gasteiger partial charge in [0.05, 0.1) is 5.69 Å². The van der Waals surface area contributed by atoms with Gasteiger partial charge in [0, 0.05) is 17.3 Å². The number of rotatable bonds is 3. The first kappa shape index (κ1) is 13.8. The second kappa shape index (κ2) is 5.73. The molecule has 0 amide bonds. The van der Waals surface area contributed by atoms with Crippen molar-refractivity contribution in [3.05, 3.63) is 95.8 Å². The molecule has 0 saturated carbocycles. The Morgan fingerprint density at radius 3 is 2.22 bits per heavy atom. The van der Waals surface area contributed by atoms with Crippen molar-refractivity contribution >= 4 is 10.9 Å². The summed E-state index contributed by atoms with van der Waals surface area (Å²) in [6.45, 7) is 0. The Bertz CT molecular complexity index is 937. The number of hydrogen-bond donors (Lipinski definition) is 1. The number of fused-ring (bicyclic) bond motifs is 1. The molecule has 0 atom stereocenters. The van der Waals surface area contributed by atoms with Crippen LogP contribution in [-0.4, -0.2) is 4.98 Å². The Labute approximate surface area is 134 Å². The van der Waals surface area contributed by atoms with Gasteiger partial charge in [0.2, 0.25) is 0 Å². The molecule has 0 aliphatic rings. The maximum atomic E-state index is 13.2. The van der Waals surface area contributed by atoms with Crippen LogP contribution < -0.4 is 0 Å². The molecule has 1 heterocycles. The summed E-state index contributed by atoms with van der Waals surface area (Å²) in [5.74, 6) is -0.198. The van der Waals surface area contributed by atoms with E-state index in [1.807, 2.05) is 36.4 Å². The summed E-state index contributed by atoms with van der Waals surface area (Å²) in [6.07, 6.45) is 0.772. The molecule has 4 rings (SSSR count). The fourth-order valence-corrected chi connectivity index (χ4v) is 3.04. The lowest BCUT2D eigenvalue weighted by Crippen LogP contribution is -1.91. The zero-order chi connectivity index (χ0) is 15.6. The van der Waals surface area contributed by atoms with Crippen molar-refractivity contribution in [2.75, 3.05) is 0 Å². The minimum atomic E-state index is -0.198. The molecule has 112 valence electrons. The lowest BCUT2D eigenvalue weighted by atomic mass is 9.98. The first-order chi connectivity index (χ1) is 11.3. The molecule has 1 aromatic heterocycles. The maximum Gasteiger partial charge on any atom is 0.123 e. The van der Waals surface area contributed by atoms with Crippen molar-refractivity contribution in [3.8, 4) is 11.3 Å². The van der Waals surface area contributed by atoms with E-state index < -0.39 is 0 Å². The van der Waals surface area contributed by atoms with Gasteiger partial charge in [-0.25, -0.2) is 4.39 Å². The largest absolute Gasteiger partial charge is 0.354 e. The number of hydrogen-bond acceptors (Lipinski definition) is 0. The number of H-pyrrole nitrogens is 1. The Kier molecular flexibility index (Phi) is 3.43. The van der Waals surface area contributed by atoms with Gasteiger partial charge < -0.3 is 4.98 Å². The van der Waals surface area contributed by atoms with Gasteiger partial charge in [-0.3, -0.25) is 0 Å². The fourth-order valence-electron chi connectivity index (χ4n) is 3.04. The monoisotopic (exact) mass is 301 g/mol. The van der Waals surface area contributed by atoms with Crippen LogP contribution >= 0.6 is 0 Å². The van der Waals surface area contributed by atoms with E-state index >= 15 is 0 Å². The zero-order valence-corrected chi connectivity index (χ0v) is 12.6. The van der Waals surface area contributed by atoms with Gasteiger partial charge in [-0.1, -0.05) is 60.7 Å². The Morgan fingerprint density at radius 2 is 1.43 bits per heavy atom. The van der Waals surface area contributed by atoms with E-state index in [9.17, 15) is 4.39 Å². The summed E-state index contributed by atoms with van der Waals surface area (Å²) in [4.78, 5) is 3.54. The predicted molar refractivity (Wildman–Crippen MR) is 92.9 cm³/mol. The zero-order valence-electron chi connectivity index (χ0n) is 12.6. The molecule has 0 bridgehead atoms. The summed E-state index contributed by atoms with van der Waals surface area (Å²) < 4.78 is 13.2. The van der Waals surface area contributed by atoms with Crippen LogP contribution in [0.2, 0.25) is 0 Å². The van der Waals surface area contributed by atoms with Crippen LogP contribution in [0.15, 0.2) is 78.9 Å². The molecule has 0 aliphatic heterocycles. The van der Waals surface area contributed by atoms with Crippen molar-refractivity contribution in [1.29, 1.82) is 0 Å². The minimum Gasteiger partial charge on any atom is -0.354 e. The predicted octanol–water partition coefficient (Wildman–Crippen LogP) is 5.56. The van der Waals surface area contributed by atoms with Gasteiger partial charge in [-0.05, 0) is 34.9 Å². The summed E-state index contributed by atoms with van der Waals surface area (Å²) in [7, 11) is 0. The van der Waals surface area contributed by atoms with Gasteiger partial charge in [0.25, 0.3) is 0 Å². The molecule has 1 nitrogen and oxygen atoms in total. The molecule has 0 spiro atoms. The van der Waals surface area contributed by atoms with E-state index in [0.29, 0.717) is 0 Å². The number of halogens is 1. The lowest BCUT2D eigenvalue weighted by Gasteiger charge is -2.06. The SMILES string of the molecule is Fc1ccc(Cc2c(-c3ccccc3)[nH]c3ccccc23)cc1. The van der Waals surface area contributed by atoms with E-state index in [4.69, 9.17) is 0 Å². The molecular weight excluding hydrogens is 285 g/mol. The summed E-state index contributed by atoms with van der Waals surface area (Å²) in [5, 5.41) is 1.22. The average molecular weight is 301 g/mol. The number of para-hydroxylation sites is 1. The van der Waals surface area contributed by atoms with E-state index in [2.05, 4.69) is 35.3 Å². The fraction of sp³-hybridized carbons (Fsp3) is 0.0476.